The van der Waals surface area contributed by atoms with E-state index in [1.54, 1.807) is 0 Å². The summed E-state index contributed by atoms with van der Waals surface area (Å²) in [5.74, 6) is 0.915. The number of hydrogen-bond acceptors (Lipinski definition) is 4. The normalized spacial score (nSPS) is 18.7. The van der Waals surface area contributed by atoms with Crippen molar-refractivity contribution >= 4 is 0 Å². The Kier molecular flexibility index (Phi) is 5.62. The van der Waals surface area contributed by atoms with Gasteiger partial charge in [-0.15, -0.1) is 0 Å². The van der Waals surface area contributed by atoms with Crippen LogP contribution in [0.5, 0.6) is 5.75 Å². The van der Waals surface area contributed by atoms with E-state index in [-0.39, 0.29) is 0 Å². The minimum atomic E-state index is -0.437. The van der Waals surface area contributed by atoms with Crippen molar-refractivity contribution in [1.82, 2.24) is 9.80 Å². The Morgan fingerprint density at radius 2 is 1.67 bits per heavy atom. The van der Waals surface area contributed by atoms with Crippen molar-refractivity contribution in [3.05, 3.63) is 28.8 Å². The number of piperazine rings is 1. The van der Waals surface area contributed by atoms with Crippen LogP contribution < -0.4 is 4.74 Å². The zero-order valence-corrected chi connectivity index (χ0v) is 13.7. The topological polar surface area (TPSA) is 35.9 Å². The van der Waals surface area contributed by atoms with Crippen LogP contribution in [0, 0.1) is 20.8 Å². The number of rotatable bonds is 5. The highest BCUT2D eigenvalue weighted by Gasteiger charge is 2.17. The largest absolute Gasteiger partial charge is 0.490 e. The Bertz CT molecular complexity index is 445. The number of likely N-dealkylation sites (N-methyl/N-ethyl adjacent to an activating group) is 1. The van der Waals surface area contributed by atoms with Crippen molar-refractivity contribution in [1.29, 1.82) is 0 Å². The molecule has 0 aliphatic carbocycles. The molecule has 4 heteroatoms. The predicted molar refractivity (Wildman–Crippen MR) is 86.1 cm³/mol. The van der Waals surface area contributed by atoms with Crippen LogP contribution in [0.2, 0.25) is 0 Å². The third-order valence-corrected chi connectivity index (χ3v) is 4.09. The third kappa shape index (κ3) is 4.70. The summed E-state index contributed by atoms with van der Waals surface area (Å²) in [4.78, 5) is 4.63. The van der Waals surface area contributed by atoms with E-state index in [1.165, 1.54) is 5.56 Å². The van der Waals surface area contributed by atoms with E-state index in [4.69, 9.17) is 4.74 Å². The van der Waals surface area contributed by atoms with Gasteiger partial charge in [-0.2, -0.15) is 0 Å². The molecule has 0 aromatic heterocycles. The molecule has 0 unspecified atom stereocenters. The molecule has 1 heterocycles. The number of aliphatic hydroxyl groups is 1. The average Bonchev–Trinajstić information content (AvgIpc) is 2.40. The summed E-state index contributed by atoms with van der Waals surface area (Å²) in [5, 5.41) is 10.2. The number of hydrogen-bond donors (Lipinski definition) is 1. The molecule has 0 radical (unpaired) electrons. The van der Waals surface area contributed by atoms with E-state index >= 15 is 0 Å². The lowest BCUT2D eigenvalue weighted by molar-refractivity contribution is 0.0501. The number of ether oxygens (including phenoxy) is 1. The molecule has 0 saturated carbocycles. The molecule has 0 bridgehead atoms. The second kappa shape index (κ2) is 7.25. The lowest BCUT2D eigenvalue weighted by Gasteiger charge is -2.33. The van der Waals surface area contributed by atoms with Gasteiger partial charge < -0.3 is 14.7 Å². The first-order valence-corrected chi connectivity index (χ1v) is 7.75. The first-order chi connectivity index (χ1) is 9.95. The predicted octanol–water partition coefficient (Wildman–Crippen LogP) is 1.60. The van der Waals surface area contributed by atoms with Crippen LogP contribution in [0.1, 0.15) is 16.7 Å². The number of aryl methyl sites for hydroxylation is 3. The summed E-state index contributed by atoms with van der Waals surface area (Å²) in [7, 11) is 2.14. The van der Waals surface area contributed by atoms with Crippen LogP contribution in [0.4, 0.5) is 0 Å². The molecule has 1 saturated heterocycles. The van der Waals surface area contributed by atoms with Crippen molar-refractivity contribution in [3.8, 4) is 5.75 Å². The number of β-amino-alcohol motifs (C(OH)–C–C–N with tert-alkyl or cyclic N) is 1. The Morgan fingerprint density at radius 1 is 1.10 bits per heavy atom. The van der Waals surface area contributed by atoms with Gasteiger partial charge >= 0.3 is 0 Å². The molecule has 2 rings (SSSR count). The fourth-order valence-corrected chi connectivity index (χ4v) is 2.96. The molecular formula is C17H28N2O2. The summed E-state index contributed by atoms with van der Waals surface area (Å²) >= 11 is 0. The van der Waals surface area contributed by atoms with Crippen LogP contribution in [0.15, 0.2) is 12.1 Å². The summed E-state index contributed by atoms with van der Waals surface area (Å²) in [5.41, 5.74) is 3.52. The zero-order valence-electron chi connectivity index (χ0n) is 13.7. The summed E-state index contributed by atoms with van der Waals surface area (Å²) < 4.78 is 5.86. The highest BCUT2D eigenvalue weighted by atomic mass is 16.5. The first-order valence-electron chi connectivity index (χ1n) is 7.75. The molecule has 118 valence electrons. The molecule has 21 heavy (non-hydrogen) atoms. The highest BCUT2D eigenvalue weighted by Crippen LogP contribution is 2.24. The fourth-order valence-electron chi connectivity index (χ4n) is 2.96. The van der Waals surface area contributed by atoms with Crippen LogP contribution in [-0.4, -0.2) is 67.4 Å². The molecule has 1 aromatic carbocycles. The maximum Gasteiger partial charge on any atom is 0.125 e. The molecule has 1 fully saturated rings. The molecule has 0 spiro atoms. The van der Waals surface area contributed by atoms with E-state index in [0.29, 0.717) is 13.2 Å². The Hall–Kier alpha value is -1.10. The first kappa shape index (κ1) is 16.3. The lowest BCUT2D eigenvalue weighted by Crippen LogP contribution is -2.47. The van der Waals surface area contributed by atoms with E-state index < -0.39 is 6.10 Å². The van der Waals surface area contributed by atoms with Gasteiger partial charge in [-0.05, 0) is 38.9 Å². The lowest BCUT2D eigenvalue weighted by atomic mass is 10.1. The van der Waals surface area contributed by atoms with Crippen LogP contribution in [0.3, 0.4) is 0 Å². The van der Waals surface area contributed by atoms with Gasteiger partial charge in [0.25, 0.3) is 0 Å². The van der Waals surface area contributed by atoms with E-state index in [9.17, 15) is 5.11 Å². The van der Waals surface area contributed by atoms with Gasteiger partial charge in [0.15, 0.2) is 0 Å². The van der Waals surface area contributed by atoms with E-state index in [0.717, 1.165) is 43.1 Å². The van der Waals surface area contributed by atoms with Crippen molar-refractivity contribution in [3.63, 3.8) is 0 Å². The smallest absolute Gasteiger partial charge is 0.125 e. The molecule has 1 aliphatic heterocycles. The Morgan fingerprint density at radius 3 is 2.24 bits per heavy atom. The molecule has 1 atom stereocenters. The summed E-state index contributed by atoms with van der Waals surface area (Å²) in [6.45, 7) is 11.4. The minimum absolute atomic E-state index is 0.358. The van der Waals surface area contributed by atoms with Crippen molar-refractivity contribution in [2.75, 3.05) is 46.4 Å². The summed E-state index contributed by atoms with van der Waals surface area (Å²) in [6.07, 6.45) is -0.437. The van der Waals surface area contributed by atoms with Gasteiger partial charge in [-0.3, -0.25) is 4.90 Å². The second-order valence-electron chi connectivity index (χ2n) is 6.30. The van der Waals surface area contributed by atoms with Gasteiger partial charge in [0.2, 0.25) is 0 Å². The molecule has 1 aliphatic rings. The Labute approximate surface area is 128 Å². The van der Waals surface area contributed by atoms with Crippen LogP contribution in [-0.2, 0) is 0 Å². The van der Waals surface area contributed by atoms with E-state index in [2.05, 4.69) is 49.8 Å². The average molecular weight is 292 g/mol. The van der Waals surface area contributed by atoms with Gasteiger partial charge in [-0.25, -0.2) is 0 Å². The van der Waals surface area contributed by atoms with Crippen LogP contribution >= 0.6 is 0 Å². The molecular weight excluding hydrogens is 264 g/mol. The molecule has 1 aromatic rings. The standard InChI is InChI=1S/C17H28N2O2/c1-13-9-14(2)17(15(3)10-13)21-12-16(20)11-19-7-5-18(4)6-8-19/h9-10,16,20H,5-8,11-12H2,1-4H3/t16-/m0/s1. The summed E-state index contributed by atoms with van der Waals surface area (Å²) in [6, 6.07) is 4.24. The molecule has 1 N–H and O–H groups in total. The van der Waals surface area contributed by atoms with Gasteiger partial charge in [0.1, 0.15) is 18.5 Å². The quantitative estimate of drug-likeness (QED) is 0.894. The SMILES string of the molecule is Cc1cc(C)c(OC[C@@H](O)CN2CCN(C)CC2)c(C)c1. The number of nitrogens with zero attached hydrogens (tertiary/aromatic N) is 2. The van der Waals surface area contributed by atoms with Gasteiger partial charge in [-0.1, -0.05) is 17.7 Å². The van der Waals surface area contributed by atoms with E-state index in [1.807, 2.05) is 0 Å². The highest BCUT2D eigenvalue weighted by molar-refractivity contribution is 5.42. The fraction of sp³-hybridized carbons (Fsp3) is 0.647. The third-order valence-electron chi connectivity index (χ3n) is 4.09. The van der Waals surface area contributed by atoms with Crippen molar-refractivity contribution < 1.29 is 9.84 Å². The number of aliphatic hydroxyl groups excluding tert-OH is 1. The van der Waals surface area contributed by atoms with Crippen molar-refractivity contribution in [2.45, 2.75) is 26.9 Å². The Balaban J connectivity index is 1.83. The monoisotopic (exact) mass is 292 g/mol. The molecule has 0 amide bonds. The van der Waals surface area contributed by atoms with Gasteiger partial charge in [0, 0.05) is 32.7 Å². The number of benzene rings is 1. The molecule has 4 nitrogen and oxygen atoms in total. The zero-order chi connectivity index (χ0) is 15.4. The van der Waals surface area contributed by atoms with Crippen molar-refractivity contribution in [2.24, 2.45) is 0 Å². The maximum atomic E-state index is 10.2. The van der Waals surface area contributed by atoms with Gasteiger partial charge in [0.05, 0.1) is 0 Å². The minimum Gasteiger partial charge on any atom is -0.490 e. The maximum absolute atomic E-state index is 10.2. The van der Waals surface area contributed by atoms with Crippen LogP contribution in [0.25, 0.3) is 0 Å². The second-order valence-corrected chi connectivity index (χ2v) is 6.30.